The lowest BCUT2D eigenvalue weighted by Gasteiger charge is -2.13. The number of amides is 1. The molecule has 1 atom stereocenters. The van der Waals surface area contributed by atoms with Crippen LogP contribution in [0.15, 0.2) is 59.6 Å². The van der Waals surface area contributed by atoms with Gasteiger partial charge in [0.15, 0.2) is 0 Å². The molecule has 0 aliphatic carbocycles. The Kier molecular flexibility index (Phi) is 6.75. The smallest absolute Gasteiger partial charge is 0.337 e. The van der Waals surface area contributed by atoms with Crippen molar-refractivity contribution in [3.05, 3.63) is 65.7 Å². The number of hydrogen-bond acceptors (Lipinski definition) is 5. The molecule has 1 amide bonds. The van der Waals surface area contributed by atoms with Gasteiger partial charge in [0.2, 0.25) is 5.96 Å². The highest BCUT2D eigenvalue weighted by atomic mass is 16.5. The third-order valence-electron chi connectivity index (χ3n) is 4.31. The van der Waals surface area contributed by atoms with Gasteiger partial charge in [-0.2, -0.15) is 0 Å². The van der Waals surface area contributed by atoms with E-state index in [1.54, 1.807) is 24.3 Å². The van der Waals surface area contributed by atoms with E-state index in [0.717, 1.165) is 25.1 Å². The van der Waals surface area contributed by atoms with Crippen LogP contribution in [0.1, 0.15) is 33.6 Å². The molecule has 0 saturated carbocycles. The van der Waals surface area contributed by atoms with E-state index in [1.807, 2.05) is 30.3 Å². The number of carbonyl (C=O) groups is 2. The Labute approximate surface area is 163 Å². The first-order valence-corrected chi connectivity index (χ1v) is 9.13. The van der Waals surface area contributed by atoms with Crippen molar-refractivity contribution in [2.45, 2.75) is 18.9 Å². The molecule has 1 saturated heterocycles. The Morgan fingerprint density at radius 3 is 2.46 bits per heavy atom. The lowest BCUT2D eigenvalue weighted by atomic mass is 10.1. The highest BCUT2D eigenvalue weighted by Gasteiger charge is 2.16. The second-order valence-electron chi connectivity index (χ2n) is 6.34. The first-order chi connectivity index (χ1) is 13.7. The number of esters is 1. The first-order valence-electron chi connectivity index (χ1n) is 9.13. The monoisotopic (exact) mass is 381 g/mol. The van der Waals surface area contributed by atoms with Crippen LogP contribution < -0.4 is 10.6 Å². The number of anilines is 1. The van der Waals surface area contributed by atoms with Crippen molar-refractivity contribution in [2.24, 2.45) is 4.99 Å². The van der Waals surface area contributed by atoms with Crippen LogP contribution in [0.25, 0.3) is 0 Å². The van der Waals surface area contributed by atoms with Crippen LogP contribution >= 0.6 is 0 Å². The number of benzene rings is 2. The zero-order valence-electron chi connectivity index (χ0n) is 15.7. The van der Waals surface area contributed by atoms with Gasteiger partial charge >= 0.3 is 5.97 Å². The number of rotatable bonds is 5. The Bertz CT molecular complexity index is 828. The molecule has 2 aromatic rings. The van der Waals surface area contributed by atoms with E-state index in [-0.39, 0.29) is 12.0 Å². The van der Waals surface area contributed by atoms with Crippen LogP contribution in [0.3, 0.4) is 0 Å². The number of methoxy groups -OCH3 is 1. The Balaban J connectivity index is 1.70. The number of aliphatic imine (C=N–C) groups is 1. The molecule has 1 heterocycles. The van der Waals surface area contributed by atoms with E-state index in [9.17, 15) is 9.59 Å². The predicted octanol–water partition coefficient (Wildman–Crippen LogP) is 2.85. The lowest BCUT2D eigenvalue weighted by Crippen LogP contribution is -2.36. The van der Waals surface area contributed by atoms with E-state index >= 15 is 0 Å². The van der Waals surface area contributed by atoms with Crippen LogP contribution in [0.2, 0.25) is 0 Å². The van der Waals surface area contributed by atoms with Crippen molar-refractivity contribution in [3.8, 4) is 0 Å². The van der Waals surface area contributed by atoms with Gasteiger partial charge in [0.25, 0.3) is 5.91 Å². The molecule has 1 fully saturated rings. The third kappa shape index (κ3) is 5.40. The van der Waals surface area contributed by atoms with Crippen LogP contribution in [-0.2, 0) is 9.47 Å². The van der Waals surface area contributed by atoms with Gasteiger partial charge in [-0.3, -0.25) is 10.1 Å². The second-order valence-corrected chi connectivity index (χ2v) is 6.34. The second kappa shape index (κ2) is 9.66. The summed E-state index contributed by atoms with van der Waals surface area (Å²) in [6.07, 6.45) is 2.06. The largest absolute Gasteiger partial charge is 0.465 e. The summed E-state index contributed by atoms with van der Waals surface area (Å²) in [5, 5.41) is 5.93. The first kappa shape index (κ1) is 19.6. The van der Waals surface area contributed by atoms with Gasteiger partial charge in [-0.25, -0.2) is 9.79 Å². The maximum atomic E-state index is 12.6. The van der Waals surface area contributed by atoms with Gasteiger partial charge in [-0.15, -0.1) is 0 Å². The molecule has 1 aliphatic rings. The molecule has 1 aliphatic heterocycles. The average Bonchev–Trinajstić information content (AvgIpc) is 3.26. The molecule has 28 heavy (non-hydrogen) atoms. The van der Waals surface area contributed by atoms with E-state index in [1.165, 1.54) is 7.11 Å². The number of nitrogens with zero attached hydrogens (tertiary/aromatic N) is 1. The number of hydrogen-bond donors (Lipinski definition) is 2. The summed E-state index contributed by atoms with van der Waals surface area (Å²) in [6, 6.07) is 15.7. The average molecular weight is 381 g/mol. The Morgan fingerprint density at radius 1 is 1.11 bits per heavy atom. The molecule has 7 nitrogen and oxygen atoms in total. The van der Waals surface area contributed by atoms with E-state index in [2.05, 4.69) is 20.4 Å². The number of ether oxygens (including phenoxy) is 2. The molecular formula is C21H23N3O4. The molecule has 3 rings (SSSR count). The molecule has 0 unspecified atom stereocenters. The highest BCUT2D eigenvalue weighted by molar-refractivity contribution is 6.10. The van der Waals surface area contributed by atoms with Gasteiger partial charge in [-0.05, 0) is 49.2 Å². The van der Waals surface area contributed by atoms with Crippen molar-refractivity contribution in [1.82, 2.24) is 5.32 Å². The third-order valence-corrected chi connectivity index (χ3v) is 4.31. The van der Waals surface area contributed by atoms with E-state index in [4.69, 9.17) is 4.74 Å². The van der Waals surface area contributed by atoms with Gasteiger partial charge in [-0.1, -0.05) is 18.2 Å². The summed E-state index contributed by atoms with van der Waals surface area (Å²) in [4.78, 5) is 28.6. The molecular weight excluding hydrogens is 358 g/mol. The summed E-state index contributed by atoms with van der Waals surface area (Å²) < 4.78 is 10.3. The summed E-state index contributed by atoms with van der Waals surface area (Å²) in [5.41, 5.74) is 1.61. The molecule has 0 aromatic heterocycles. The topological polar surface area (TPSA) is 89.0 Å². The van der Waals surface area contributed by atoms with Crippen molar-refractivity contribution in [2.75, 3.05) is 25.6 Å². The molecule has 7 heteroatoms. The molecule has 0 bridgehead atoms. The van der Waals surface area contributed by atoms with E-state index < -0.39 is 5.97 Å². The predicted molar refractivity (Wildman–Crippen MR) is 107 cm³/mol. The number of nitrogens with one attached hydrogen (secondary N) is 2. The normalized spacial score (nSPS) is 16.5. The minimum absolute atomic E-state index is 0.0730. The molecule has 146 valence electrons. The van der Waals surface area contributed by atoms with Crippen molar-refractivity contribution in [1.29, 1.82) is 0 Å². The highest BCUT2D eigenvalue weighted by Crippen LogP contribution is 2.12. The number of carbonyl (C=O) groups excluding carboxylic acids is 2. The van der Waals surface area contributed by atoms with E-state index in [0.29, 0.717) is 23.6 Å². The Morgan fingerprint density at radius 2 is 1.82 bits per heavy atom. The van der Waals surface area contributed by atoms with Gasteiger partial charge in [0, 0.05) is 17.9 Å². The molecule has 2 aromatic carbocycles. The van der Waals surface area contributed by atoms with Crippen LogP contribution in [0.5, 0.6) is 0 Å². The van der Waals surface area contributed by atoms with Gasteiger partial charge in [0.1, 0.15) is 0 Å². The quantitative estimate of drug-likeness (QED) is 0.472. The fraction of sp³-hybridized carbons (Fsp3) is 0.286. The van der Waals surface area contributed by atoms with Gasteiger partial charge in [0.05, 0.1) is 25.3 Å². The van der Waals surface area contributed by atoms with Crippen molar-refractivity contribution in [3.63, 3.8) is 0 Å². The van der Waals surface area contributed by atoms with Crippen molar-refractivity contribution >= 4 is 23.5 Å². The summed E-state index contributed by atoms with van der Waals surface area (Å²) in [6.45, 7) is 1.22. The minimum atomic E-state index is -0.448. The fourth-order valence-corrected chi connectivity index (χ4v) is 2.81. The van der Waals surface area contributed by atoms with Gasteiger partial charge < -0.3 is 14.8 Å². The zero-order valence-corrected chi connectivity index (χ0v) is 15.7. The SMILES string of the molecule is COC(=O)c1ccc(C(=O)NC(=NC[C@@H]2CCCO2)Nc2ccccc2)cc1. The lowest BCUT2D eigenvalue weighted by molar-refractivity contribution is 0.0600. The minimum Gasteiger partial charge on any atom is -0.465 e. The summed E-state index contributed by atoms with van der Waals surface area (Å²) in [5.74, 6) is -0.425. The van der Waals surface area contributed by atoms with Crippen LogP contribution in [0.4, 0.5) is 5.69 Å². The summed E-state index contributed by atoms with van der Waals surface area (Å²) >= 11 is 0. The van der Waals surface area contributed by atoms with Crippen LogP contribution in [-0.4, -0.2) is 44.2 Å². The maximum Gasteiger partial charge on any atom is 0.337 e. The van der Waals surface area contributed by atoms with Crippen LogP contribution in [0, 0.1) is 0 Å². The fourth-order valence-electron chi connectivity index (χ4n) is 2.81. The molecule has 0 spiro atoms. The van der Waals surface area contributed by atoms with Crippen molar-refractivity contribution < 1.29 is 19.1 Å². The Hall–Kier alpha value is -3.19. The molecule has 0 radical (unpaired) electrons. The maximum absolute atomic E-state index is 12.6. The number of guanidine groups is 1. The molecule has 2 N–H and O–H groups in total. The standard InChI is InChI=1S/C21H23N3O4/c1-27-20(26)16-11-9-15(10-12-16)19(25)24-21(22-14-18-8-5-13-28-18)23-17-6-3-2-4-7-17/h2-4,6-7,9-12,18H,5,8,13-14H2,1H3,(H2,22,23,24,25)/t18-/m0/s1. The number of para-hydroxylation sites is 1. The summed E-state index contributed by atoms with van der Waals surface area (Å²) in [7, 11) is 1.31. The zero-order chi connectivity index (χ0) is 19.8.